The zero-order chi connectivity index (χ0) is 13.1. The molecule has 0 saturated heterocycles. The monoisotopic (exact) mass is 257 g/mol. The average molecular weight is 257 g/mol. The van der Waals surface area contributed by atoms with Crippen LogP contribution in [0.15, 0.2) is 28.8 Å². The molecule has 1 fully saturated rings. The van der Waals surface area contributed by atoms with Crippen molar-refractivity contribution in [1.29, 1.82) is 0 Å². The topological polar surface area (TPSA) is 64.9 Å². The Labute approximate surface area is 113 Å². The van der Waals surface area contributed by atoms with Crippen LogP contribution in [-0.2, 0) is 6.54 Å². The van der Waals surface area contributed by atoms with Crippen molar-refractivity contribution >= 4 is 0 Å². The molecule has 1 heterocycles. The highest BCUT2D eigenvalue weighted by molar-refractivity contribution is 5.55. The summed E-state index contributed by atoms with van der Waals surface area (Å²) in [5, 5.41) is 3.98. The lowest BCUT2D eigenvalue weighted by Crippen LogP contribution is -2.04. The molecule has 19 heavy (non-hydrogen) atoms. The summed E-state index contributed by atoms with van der Waals surface area (Å²) in [6.07, 6.45) is 6.65. The van der Waals surface area contributed by atoms with Crippen LogP contribution in [0.3, 0.4) is 0 Å². The van der Waals surface area contributed by atoms with Crippen molar-refractivity contribution in [2.45, 2.75) is 44.6 Å². The van der Waals surface area contributed by atoms with E-state index in [1.165, 1.54) is 37.7 Å². The molecule has 4 nitrogen and oxygen atoms in total. The lowest BCUT2D eigenvalue weighted by molar-refractivity contribution is 0.380. The number of rotatable bonds is 3. The van der Waals surface area contributed by atoms with E-state index in [0.29, 0.717) is 17.6 Å². The largest absolute Gasteiger partial charge is 0.338 e. The fraction of sp³-hybridized carbons (Fsp3) is 0.467. The van der Waals surface area contributed by atoms with Crippen LogP contribution >= 0.6 is 0 Å². The molecule has 0 aliphatic heterocycles. The Balaban J connectivity index is 1.86. The van der Waals surface area contributed by atoms with Crippen LogP contribution in [0.5, 0.6) is 0 Å². The Morgan fingerprint density at radius 2 is 2.05 bits per heavy atom. The molecule has 0 unspecified atom stereocenters. The van der Waals surface area contributed by atoms with Gasteiger partial charge in [0, 0.05) is 5.56 Å². The van der Waals surface area contributed by atoms with Gasteiger partial charge in [-0.15, -0.1) is 0 Å². The Morgan fingerprint density at radius 1 is 1.21 bits per heavy atom. The molecule has 1 aliphatic carbocycles. The minimum Gasteiger partial charge on any atom is -0.338 e. The van der Waals surface area contributed by atoms with Gasteiger partial charge in [0.25, 0.3) is 0 Å². The van der Waals surface area contributed by atoms with E-state index >= 15 is 0 Å². The van der Waals surface area contributed by atoms with Crippen LogP contribution in [0, 0.1) is 0 Å². The van der Waals surface area contributed by atoms with Crippen LogP contribution in [0.25, 0.3) is 11.4 Å². The summed E-state index contributed by atoms with van der Waals surface area (Å²) >= 11 is 0. The summed E-state index contributed by atoms with van der Waals surface area (Å²) in [6, 6.07) is 8.51. The van der Waals surface area contributed by atoms with E-state index in [9.17, 15) is 0 Å². The first-order chi connectivity index (χ1) is 9.36. The summed E-state index contributed by atoms with van der Waals surface area (Å²) < 4.78 is 5.07. The van der Waals surface area contributed by atoms with Crippen molar-refractivity contribution < 1.29 is 4.52 Å². The SMILES string of the molecule is NCc1nc(-c2cccc(C3CCCCC3)c2)no1. The maximum atomic E-state index is 5.49. The molecule has 2 N–H and O–H groups in total. The molecule has 1 aromatic carbocycles. The van der Waals surface area contributed by atoms with Gasteiger partial charge in [-0.25, -0.2) is 0 Å². The minimum atomic E-state index is 0.287. The number of nitrogens with two attached hydrogens (primary N) is 1. The molecule has 0 atom stereocenters. The van der Waals surface area contributed by atoms with Gasteiger partial charge in [0.1, 0.15) is 0 Å². The lowest BCUT2D eigenvalue weighted by atomic mass is 9.83. The lowest BCUT2D eigenvalue weighted by Gasteiger charge is -2.22. The van der Waals surface area contributed by atoms with Crippen molar-refractivity contribution in [3.63, 3.8) is 0 Å². The maximum absolute atomic E-state index is 5.49. The first-order valence-corrected chi connectivity index (χ1v) is 7.00. The zero-order valence-corrected chi connectivity index (χ0v) is 11.0. The molecule has 1 aliphatic rings. The number of nitrogens with zero attached hydrogens (tertiary/aromatic N) is 2. The van der Waals surface area contributed by atoms with Crippen molar-refractivity contribution in [2.24, 2.45) is 5.73 Å². The molecule has 4 heteroatoms. The Hall–Kier alpha value is -1.68. The van der Waals surface area contributed by atoms with Gasteiger partial charge in [-0.05, 0) is 30.4 Å². The van der Waals surface area contributed by atoms with Crippen LogP contribution in [0.4, 0.5) is 0 Å². The van der Waals surface area contributed by atoms with E-state index in [-0.39, 0.29) is 6.54 Å². The van der Waals surface area contributed by atoms with Crippen LogP contribution in [-0.4, -0.2) is 10.1 Å². The van der Waals surface area contributed by atoms with E-state index in [4.69, 9.17) is 10.3 Å². The van der Waals surface area contributed by atoms with Gasteiger partial charge in [-0.1, -0.05) is 42.6 Å². The minimum absolute atomic E-state index is 0.287. The third-order valence-corrected chi connectivity index (χ3v) is 3.86. The molecule has 1 saturated carbocycles. The third kappa shape index (κ3) is 2.68. The summed E-state index contributed by atoms with van der Waals surface area (Å²) in [7, 11) is 0. The van der Waals surface area contributed by atoms with Crippen LogP contribution < -0.4 is 5.73 Å². The summed E-state index contributed by atoms with van der Waals surface area (Å²) in [6.45, 7) is 0.287. The van der Waals surface area contributed by atoms with Gasteiger partial charge in [-0.3, -0.25) is 0 Å². The number of benzene rings is 1. The predicted molar refractivity (Wildman–Crippen MR) is 73.5 cm³/mol. The fourth-order valence-electron chi connectivity index (χ4n) is 2.82. The van der Waals surface area contributed by atoms with Gasteiger partial charge in [0.2, 0.25) is 11.7 Å². The molecule has 0 radical (unpaired) electrons. The third-order valence-electron chi connectivity index (χ3n) is 3.86. The molecule has 0 bridgehead atoms. The Morgan fingerprint density at radius 3 is 2.79 bits per heavy atom. The zero-order valence-electron chi connectivity index (χ0n) is 11.0. The first-order valence-electron chi connectivity index (χ1n) is 7.00. The summed E-state index contributed by atoms with van der Waals surface area (Å²) in [4.78, 5) is 4.28. The van der Waals surface area contributed by atoms with Gasteiger partial charge < -0.3 is 10.3 Å². The van der Waals surface area contributed by atoms with Crippen molar-refractivity contribution in [2.75, 3.05) is 0 Å². The Bertz CT molecular complexity index is 544. The van der Waals surface area contributed by atoms with E-state index in [2.05, 4.69) is 28.3 Å². The molecular formula is C15H19N3O. The highest BCUT2D eigenvalue weighted by Crippen LogP contribution is 2.33. The standard InChI is InChI=1S/C15H19N3O/c16-10-14-17-15(18-19-14)13-8-4-7-12(9-13)11-5-2-1-3-6-11/h4,7-9,11H,1-3,5-6,10,16H2. The van der Waals surface area contributed by atoms with Crippen molar-refractivity contribution in [3.05, 3.63) is 35.7 Å². The molecular weight excluding hydrogens is 238 g/mol. The number of hydrogen-bond donors (Lipinski definition) is 1. The highest BCUT2D eigenvalue weighted by atomic mass is 16.5. The molecule has 2 aromatic rings. The molecule has 3 rings (SSSR count). The van der Waals surface area contributed by atoms with Gasteiger partial charge in [0.05, 0.1) is 6.54 Å². The first kappa shape index (κ1) is 12.4. The summed E-state index contributed by atoms with van der Waals surface area (Å²) in [5.74, 6) is 1.81. The number of hydrogen-bond acceptors (Lipinski definition) is 4. The Kier molecular flexibility index (Phi) is 3.60. The molecule has 0 amide bonds. The second-order valence-corrected chi connectivity index (χ2v) is 5.18. The van der Waals surface area contributed by atoms with E-state index < -0.39 is 0 Å². The molecule has 1 aromatic heterocycles. The van der Waals surface area contributed by atoms with E-state index in [1.807, 2.05) is 6.07 Å². The van der Waals surface area contributed by atoms with Gasteiger partial charge >= 0.3 is 0 Å². The summed E-state index contributed by atoms with van der Waals surface area (Å²) in [5.41, 5.74) is 7.91. The van der Waals surface area contributed by atoms with Gasteiger partial charge in [-0.2, -0.15) is 4.98 Å². The van der Waals surface area contributed by atoms with Gasteiger partial charge in [0.15, 0.2) is 0 Å². The number of aromatic nitrogens is 2. The highest BCUT2D eigenvalue weighted by Gasteiger charge is 2.16. The van der Waals surface area contributed by atoms with Crippen molar-refractivity contribution in [3.8, 4) is 11.4 Å². The van der Waals surface area contributed by atoms with Crippen molar-refractivity contribution in [1.82, 2.24) is 10.1 Å². The molecule has 0 spiro atoms. The normalized spacial score (nSPS) is 16.7. The second kappa shape index (κ2) is 5.53. The fourth-order valence-corrected chi connectivity index (χ4v) is 2.82. The van der Waals surface area contributed by atoms with Crippen LogP contribution in [0.2, 0.25) is 0 Å². The van der Waals surface area contributed by atoms with E-state index in [0.717, 1.165) is 5.56 Å². The molecule has 100 valence electrons. The van der Waals surface area contributed by atoms with Crippen LogP contribution in [0.1, 0.15) is 49.5 Å². The quantitative estimate of drug-likeness (QED) is 0.916. The predicted octanol–water partition coefficient (Wildman–Crippen LogP) is 3.24. The van der Waals surface area contributed by atoms with E-state index in [1.54, 1.807) is 0 Å². The smallest absolute Gasteiger partial charge is 0.240 e. The average Bonchev–Trinajstić information content (AvgIpc) is 2.97. The maximum Gasteiger partial charge on any atom is 0.240 e. The second-order valence-electron chi connectivity index (χ2n) is 5.18.